The van der Waals surface area contributed by atoms with Crippen LogP contribution in [0.2, 0.25) is 0 Å². The van der Waals surface area contributed by atoms with E-state index >= 15 is 0 Å². The summed E-state index contributed by atoms with van der Waals surface area (Å²) < 4.78 is 5.77. The molecule has 1 unspecified atom stereocenters. The highest BCUT2D eigenvalue weighted by Gasteiger charge is 2.35. The second-order valence-corrected chi connectivity index (χ2v) is 10.8. The third-order valence-corrected chi connectivity index (χ3v) is 7.13. The summed E-state index contributed by atoms with van der Waals surface area (Å²) >= 11 is 0. The highest BCUT2D eigenvalue weighted by atomic mass is 16.5. The second kappa shape index (κ2) is 11.8. The molecule has 0 radical (unpaired) electrons. The van der Waals surface area contributed by atoms with Crippen LogP contribution in [-0.2, 0) is 19.8 Å². The molecule has 2 rings (SSSR count). The number of carboxylic acids is 1. The van der Waals surface area contributed by atoms with Gasteiger partial charge >= 0.3 is 11.9 Å². The van der Waals surface area contributed by atoms with Gasteiger partial charge in [0.05, 0.1) is 5.41 Å². The topological polar surface area (TPSA) is 95.9 Å². The van der Waals surface area contributed by atoms with Crippen molar-refractivity contribution in [3.05, 3.63) is 29.8 Å². The molecule has 0 aliphatic carbocycles. The molecule has 0 aromatic heterocycles. The van der Waals surface area contributed by atoms with Crippen molar-refractivity contribution in [1.29, 1.82) is 0 Å². The van der Waals surface area contributed by atoms with Gasteiger partial charge in [-0.1, -0.05) is 39.3 Å². The van der Waals surface area contributed by atoms with Gasteiger partial charge in [0.1, 0.15) is 11.8 Å². The first-order valence-corrected chi connectivity index (χ1v) is 12.4. The van der Waals surface area contributed by atoms with Crippen LogP contribution in [0.15, 0.2) is 24.3 Å². The van der Waals surface area contributed by atoms with Gasteiger partial charge in [-0.3, -0.25) is 9.59 Å². The first-order valence-electron chi connectivity index (χ1n) is 12.4. The Morgan fingerprint density at radius 1 is 1.24 bits per heavy atom. The van der Waals surface area contributed by atoms with Crippen LogP contribution < -0.4 is 10.1 Å². The third kappa shape index (κ3) is 7.29. The van der Waals surface area contributed by atoms with E-state index in [1.807, 2.05) is 12.1 Å². The first-order chi connectivity index (χ1) is 15.9. The largest absolute Gasteiger partial charge is 0.480 e. The maximum atomic E-state index is 13.0. The van der Waals surface area contributed by atoms with Gasteiger partial charge in [-0.2, -0.15) is 0 Å². The second-order valence-electron chi connectivity index (χ2n) is 10.8. The number of nitrogens with one attached hydrogen (secondary N) is 1. The van der Waals surface area contributed by atoms with Crippen molar-refractivity contribution in [2.75, 3.05) is 20.1 Å². The van der Waals surface area contributed by atoms with E-state index in [9.17, 15) is 19.5 Å². The van der Waals surface area contributed by atoms with E-state index in [0.29, 0.717) is 5.75 Å². The molecule has 1 aliphatic rings. The van der Waals surface area contributed by atoms with E-state index in [4.69, 9.17) is 4.74 Å². The van der Waals surface area contributed by atoms with Crippen molar-refractivity contribution in [1.82, 2.24) is 10.2 Å². The molecule has 1 amide bonds. The van der Waals surface area contributed by atoms with Crippen molar-refractivity contribution in [3.8, 4) is 5.75 Å². The Balaban J connectivity index is 2.05. The van der Waals surface area contributed by atoms with Crippen LogP contribution in [0.5, 0.6) is 5.75 Å². The molecule has 7 nitrogen and oxygen atoms in total. The van der Waals surface area contributed by atoms with Crippen LogP contribution in [0.1, 0.15) is 78.7 Å². The maximum Gasteiger partial charge on any atom is 0.326 e. The average molecular weight is 475 g/mol. The van der Waals surface area contributed by atoms with Crippen LogP contribution in [0.4, 0.5) is 0 Å². The first kappa shape index (κ1) is 27.8. The quantitative estimate of drug-likeness (QED) is 0.386. The monoisotopic (exact) mass is 474 g/mol. The summed E-state index contributed by atoms with van der Waals surface area (Å²) in [5.41, 5.74) is 0.340. The number of ether oxygens (including phenoxy) is 1. The van der Waals surface area contributed by atoms with Crippen LogP contribution >= 0.6 is 0 Å². The molecule has 1 aromatic carbocycles. The van der Waals surface area contributed by atoms with Crippen molar-refractivity contribution >= 4 is 17.8 Å². The fourth-order valence-electron chi connectivity index (χ4n) is 4.67. The normalized spacial score (nSPS) is 20.4. The third-order valence-electron chi connectivity index (χ3n) is 7.13. The molecule has 1 aliphatic heterocycles. The minimum Gasteiger partial charge on any atom is -0.480 e. The number of likely N-dealkylation sites (tertiary alicyclic amines) is 1. The summed E-state index contributed by atoms with van der Waals surface area (Å²) in [6, 6.07) is 6.92. The molecule has 0 spiro atoms. The van der Waals surface area contributed by atoms with Crippen molar-refractivity contribution in [2.45, 2.75) is 84.6 Å². The number of rotatable bonds is 10. The summed E-state index contributed by atoms with van der Waals surface area (Å²) in [5.74, 6) is -1.56. The number of hydrogen-bond acceptors (Lipinski definition) is 5. The molecule has 34 heavy (non-hydrogen) atoms. The number of likely N-dealkylation sites (N-methyl/N-ethyl adjacent to an activating group) is 1. The van der Waals surface area contributed by atoms with E-state index in [-0.39, 0.29) is 30.1 Å². The molecule has 2 atom stereocenters. The molecule has 1 heterocycles. The van der Waals surface area contributed by atoms with E-state index in [2.05, 4.69) is 30.3 Å². The number of carbonyl (C=O) groups is 3. The zero-order valence-corrected chi connectivity index (χ0v) is 21.6. The highest BCUT2D eigenvalue weighted by molar-refractivity contribution is 5.84. The lowest BCUT2D eigenvalue weighted by Crippen LogP contribution is -2.44. The zero-order chi connectivity index (χ0) is 25.5. The number of nitrogens with zero attached hydrogens (tertiary/aromatic N) is 1. The zero-order valence-electron chi connectivity index (χ0n) is 21.6. The average Bonchev–Trinajstić information content (AvgIpc) is 2.97. The molecule has 1 aromatic rings. The number of carboxylic acid groups (broad SMARTS) is 1. The van der Waals surface area contributed by atoms with Gasteiger partial charge in [0.15, 0.2) is 0 Å². The van der Waals surface area contributed by atoms with E-state index in [1.54, 1.807) is 33.8 Å². The highest BCUT2D eigenvalue weighted by Crippen LogP contribution is 2.38. The fraction of sp³-hybridized carbons (Fsp3) is 0.667. The van der Waals surface area contributed by atoms with Gasteiger partial charge in [-0.25, -0.2) is 4.79 Å². The number of carbonyl (C=O) groups excluding carboxylic acids is 2. The Morgan fingerprint density at radius 2 is 1.94 bits per heavy atom. The molecule has 7 heteroatoms. The predicted octanol–water partition coefficient (Wildman–Crippen LogP) is 4.39. The predicted molar refractivity (Wildman–Crippen MR) is 133 cm³/mol. The molecule has 190 valence electrons. The van der Waals surface area contributed by atoms with E-state index < -0.39 is 23.4 Å². The SMILES string of the molecule is CCC1(c2cccc(OC(=O)C(C)(C)CCC(=O)N[C@H](C(=O)O)C(C)C)c2)CCCCN(C)C1. The Labute approximate surface area is 204 Å². The molecular formula is C27H42N2O5. The van der Waals surface area contributed by atoms with Gasteiger partial charge < -0.3 is 20.1 Å². The number of amides is 1. The van der Waals surface area contributed by atoms with Crippen LogP contribution in [0.25, 0.3) is 0 Å². The fourth-order valence-corrected chi connectivity index (χ4v) is 4.67. The molecule has 0 saturated carbocycles. The lowest BCUT2D eigenvalue weighted by molar-refractivity contribution is -0.146. The molecule has 0 bridgehead atoms. The summed E-state index contributed by atoms with van der Waals surface area (Å²) in [7, 11) is 2.16. The lowest BCUT2D eigenvalue weighted by Gasteiger charge is -2.35. The van der Waals surface area contributed by atoms with Gasteiger partial charge in [0, 0.05) is 18.4 Å². The van der Waals surface area contributed by atoms with Crippen LogP contribution in [-0.4, -0.2) is 54.0 Å². The Kier molecular flexibility index (Phi) is 9.68. The van der Waals surface area contributed by atoms with Crippen molar-refractivity contribution < 1.29 is 24.2 Å². The van der Waals surface area contributed by atoms with Crippen molar-refractivity contribution in [3.63, 3.8) is 0 Å². The molecule has 1 saturated heterocycles. The van der Waals surface area contributed by atoms with E-state index in [1.165, 1.54) is 18.4 Å². The maximum absolute atomic E-state index is 13.0. The Morgan fingerprint density at radius 3 is 2.56 bits per heavy atom. The minimum absolute atomic E-state index is 0.0400. The minimum atomic E-state index is -1.06. The summed E-state index contributed by atoms with van der Waals surface area (Å²) in [4.78, 5) is 39.0. The van der Waals surface area contributed by atoms with Crippen LogP contribution in [0, 0.1) is 11.3 Å². The van der Waals surface area contributed by atoms with E-state index in [0.717, 1.165) is 25.9 Å². The smallest absolute Gasteiger partial charge is 0.326 e. The van der Waals surface area contributed by atoms with Crippen LogP contribution in [0.3, 0.4) is 0 Å². The number of benzene rings is 1. The summed E-state index contributed by atoms with van der Waals surface area (Å²) in [6.45, 7) is 11.3. The Hall–Kier alpha value is -2.41. The van der Waals surface area contributed by atoms with Gasteiger partial charge in [-0.05, 0) is 76.7 Å². The molecule has 1 fully saturated rings. The summed E-state index contributed by atoms with van der Waals surface area (Å²) in [6.07, 6.45) is 4.80. The number of aliphatic carboxylic acids is 1. The standard InChI is InChI=1S/C27H42N2O5/c1-7-27(14-8-9-16-29(6)18-27)20-11-10-12-21(17-20)34-25(33)26(4,5)15-13-22(30)28-23(19(2)3)24(31)32/h10-12,17,19,23H,7-9,13-16,18H2,1-6H3,(H,28,30)(H,31,32)/t23-,27?/m0/s1. The Bertz CT molecular complexity index is 866. The summed E-state index contributed by atoms with van der Waals surface area (Å²) in [5, 5.41) is 11.8. The lowest BCUT2D eigenvalue weighted by atomic mass is 9.74. The number of esters is 1. The molecule has 2 N–H and O–H groups in total. The van der Waals surface area contributed by atoms with Gasteiger partial charge in [-0.15, -0.1) is 0 Å². The molecular weight excluding hydrogens is 432 g/mol. The van der Waals surface area contributed by atoms with Gasteiger partial charge in [0.2, 0.25) is 5.91 Å². The number of hydrogen-bond donors (Lipinski definition) is 2. The van der Waals surface area contributed by atoms with Crippen molar-refractivity contribution in [2.24, 2.45) is 11.3 Å². The van der Waals surface area contributed by atoms with Gasteiger partial charge in [0.25, 0.3) is 0 Å².